The number of hydrogen-bond donors (Lipinski definition) is 3. The average molecular weight is 449 g/mol. The molecule has 1 atom stereocenters. The number of carbonyl (C=O) groups is 3. The molecule has 172 valence electrons. The van der Waals surface area contributed by atoms with Gasteiger partial charge in [0.2, 0.25) is 5.91 Å². The Labute approximate surface area is 192 Å². The minimum absolute atomic E-state index is 0.0209. The first kappa shape index (κ1) is 21.5. The van der Waals surface area contributed by atoms with Crippen LogP contribution in [0.1, 0.15) is 49.1 Å². The van der Waals surface area contributed by atoms with Crippen LogP contribution in [0.3, 0.4) is 0 Å². The Morgan fingerprint density at radius 1 is 0.970 bits per heavy atom. The van der Waals surface area contributed by atoms with Crippen molar-refractivity contribution in [2.24, 2.45) is 11.8 Å². The van der Waals surface area contributed by atoms with E-state index in [1.165, 1.54) is 11.1 Å². The van der Waals surface area contributed by atoms with Gasteiger partial charge in [0.1, 0.15) is 12.6 Å². The molecule has 2 saturated carbocycles. The molecule has 0 heterocycles. The molecular weight excluding hydrogens is 420 g/mol. The lowest BCUT2D eigenvalue weighted by molar-refractivity contribution is -0.139. The number of ether oxygens (including phenoxy) is 1. The van der Waals surface area contributed by atoms with E-state index in [1.807, 2.05) is 24.3 Å². The Balaban J connectivity index is 1.17. The van der Waals surface area contributed by atoms with Crippen LogP contribution in [-0.4, -0.2) is 41.8 Å². The average Bonchev–Trinajstić information content (AvgIpc) is 3.57. The van der Waals surface area contributed by atoms with Crippen LogP contribution in [0.4, 0.5) is 4.79 Å². The Bertz CT molecular complexity index is 1030. The number of rotatable bonds is 8. The topological polar surface area (TPSA) is 105 Å². The number of carboxylic acid groups (broad SMARTS) is 1. The van der Waals surface area contributed by atoms with E-state index >= 15 is 0 Å². The molecule has 2 fully saturated rings. The predicted octanol–water partition coefficient (Wildman–Crippen LogP) is 3.67. The number of carbonyl (C=O) groups excluding carboxylic acids is 2. The zero-order valence-corrected chi connectivity index (χ0v) is 18.3. The minimum Gasteiger partial charge on any atom is -0.481 e. The number of fused-ring (bicyclic) bond motifs is 3. The first-order chi connectivity index (χ1) is 16.0. The van der Waals surface area contributed by atoms with Crippen molar-refractivity contribution < 1.29 is 24.2 Å². The number of benzene rings is 2. The van der Waals surface area contributed by atoms with Gasteiger partial charge in [0.05, 0.1) is 0 Å². The molecule has 2 aromatic rings. The molecule has 33 heavy (non-hydrogen) atoms. The Kier molecular flexibility index (Phi) is 5.79. The zero-order valence-electron chi connectivity index (χ0n) is 18.3. The smallest absolute Gasteiger partial charge is 0.407 e. The summed E-state index contributed by atoms with van der Waals surface area (Å²) in [5, 5.41) is 14.6. The highest BCUT2D eigenvalue weighted by atomic mass is 16.5. The van der Waals surface area contributed by atoms with Gasteiger partial charge in [0.25, 0.3) is 0 Å². The third-order valence-corrected chi connectivity index (χ3v) is 7.04. The van der Waals surface area contributed by atoms with Crippen molar-refractivity contribution in [3.63, 3.8) is 0 Å². The summed E-state index contributed by atoms with van der Waals surface area (Å²) in [5.41, 5.74) is 4.62. The third-order valence-electron chi connectivity index (χ3n) is 7.04. The lowest BCUT2D eigenvalue weighted by atomic mass is 9.78. The number of amides is 2. The van der Waals surface area contributed by atoms with Crippen molar-refractivity contribution in [3.05, 3.63) is 59.7 Å². The highest BCUT2D eigenvalue weighted by molar-refractivity contribution is 5.86. The van der Waals surface area contributed by atoms with Crippen LogP contribution < -0.4 is 10.6 Å². The number of aliphatic carboxylic acids is 1. The monoisotopic (exact) mass is 448 g/mol. The van der Waals surface area contributed by atoms with Crippen LogP contribution in [0, 0.1) is 11.8 Å². The van der Waals surface area contributed by atoms with Crippen LogP contribution in [0.15, 0.2) is 48.5 Å². The summed E-state index contributed by atoms with van der Waals surface area (Å²) in [4.78, 5) is 36.2. The fourth-order valence-electron chi connectivity index (χ4n) is 5.15. The van der Waals surface area contributed by atoms with Gasteiger partial charge in [-0.1, -0.05) is 48.5 Å². The predicted molar refractivity (Wildman–Crippen MR) is 122 cm³/mol. The van der Waals surface area contributed by atoms with Crippen molar-refractivity contribution in [2.45, 2.75) is 50.1 Å². The van der Waals surface area contributed by atoms with Crippen LogP contribution in [0.5, 0.6) is 0 Å². The van der Waals surface area contributed by atoms with Crippen LogP contribution in [0.2, 0.25) is 0 Å². The van der Waals surface area contributed by atoms with E-state index in [1.54, 1.807) is 0 Å². The maximum atomic E-state index is 12.8. The number of alkyl carbamates (subject to hydrolysis) is 1. The second-order valence-corrected chi connectivity index (χ2v) is 9.43. The van der Waals surface area contributed by atoms with Crippen molar-refractivity contribution in [1.29, 1.82) is 0 Å². The van der Waals surface area contributed by atoms with Crippen molar-refractivity contribution in [2.75, 3.05) is 6.61 Å². The molecule has 2 amide bonds. The van der Waals surface area contributed by atoms with Gasteiger partial charge < -0.3 is 20.5 Å². The summed E-state index contributed by atoms with van der Waals surface area (Å²) < 4.78 is 5.61. The molecule has 3 aliphatic carbocycles. The van der Waals surface area contributed by atoms with Gasteiger partial charge in [-0.2, -0.15) is 0 Å². The van der Waals surface area contributed by atoms with Crippen molar-refractivity contribution in [3.8, 4) is 11.1 Å². The Morgan fingerprint density at radius 2 is 1.58 bits per heavy atom. The van der Waals surface area contributed by atoms with E-state index in [9.17, 15) is 14.4 Å². The molecule has 0 bridgehead atoms. The fraction of sp³-hybridized carbons (Fsp3) is 0.423. The molecule has 5 rings (SSSR count). The highest BCUT2D eigenvalue weighted by Gasteiger charge is 2.40. The Hall–Kier alpha value is -3.35. The minimum atomic E-state index is -0.808. The maximum Gasteiger partial charge on any atom is 0.407 e. The van der Waals surface area contributed by atoms with Crippen molar-refractivity contribution in [1.82, 2.24) is 10.6 Å². The zero-order chi connectivity index (χ0) is 22.9. The second kappa shape index (κ2) is 8.89. The van der Waals surface area contributed by atoms with Gasteiger partial charge in [-0.05, 0) is 59.8 Å². The maximum absolute atomic E-state index is 12.8. The molecule has 3 aliphatic rings. The SMILES string of the molecule is O=C(O)CC1CC(NC(=O)C(NC(=O)OCC2c3ccccc3-c3ccccc32)C2CC2)C1. The van der Waals surface area contributed by atoms with Crippen LogP contribution in [0.25, 0.3) is 11.1 Å². The largest absolute Gasteiger partial charge is 0.481 e. The molecule has 0 aromatic heterocycles. The van der Waals surface area contributed by atoms with Gasteiger partial charge in [0, 0.05) is 18.4 Å². The quantitative estimate of drug-likeness (QED) is 0.572. The standard InChI is InChI=1S/C26H28N2O5/c29-23(30)13-15-11-17(12-15)27-25(31)24(16-9-10-16)28-26(32)33-14-22-20-7-3-1-5-18(20)19-6-2-4-8-21(19)22/h1-8,15-17,22,24H,9-14H2,(H,27,31)(H,28,32)(H,29,30). The number of hydrogen-bond acceptors (Lipinski definition) is 4. The number of nitrogens with one attached hydrogen (secondary N) is 2. The van der Waals surface area contributed by atoms with Gasteiger partial charge >= 0.3 is 12.1 Å². The molecular formula is C26H28N2O5. The Morgan fingerprint density at radius 3 is 2.15 bits per heavy atom. The lowest BCUT2D eigenvalue weighted by Gasteiger charge is -2.35. The van der Waals surface area contributed by atoms with Crippen LogP contribution >= 0.6 is 0 Å². The van der Waals surface area contributed by atoms with E-state index in [0.717, 1.165) is 24.0 Å². The first-order valence-electron chi connectivity index (χ1n) is 11.6. The summed E-state index contributed by atoms with van der Waals surface area (Å²) in [6.07, 6.45) is 2.68. The summed E-state index contributed by atoms with van der Waals surface area (Å²) >= 11 is 0. The van der Waals surface area contributed by atoms with Gasteiger partial charge in [-0.25, -0.2) is 4.79 Å². The summed E-state index contributed by atoms with van der Waals surface area (Å²) in [6.45, 7) is 0.207. The normalized spacial score (nSPS) is 21.8. The highest BCUT2D eigenvalue weighted by Crippen LogP contribution is 2.44. The lowest BCUT2D eigenvalue weighted by Crippen LogP contribution is -2.54. The summed E-state index contributed by atoms with van der Waals surface area (Å²) in [6, 6.07) is 15.7. The molecule has 3 N–H and O–H groups in total. The van der Waals surface area contributed by atoms with Gasteiger partial charge in [-0.3, -0.25) is 9.59 Å². The molecule has 1 unspecified atom stereocenters. The van der Waals surface area contributed by atoms with Gasteiger partial charge in [-0.15, -0.1) is 0 Å². The van der Waals surface area contributed by atoms with Crippen molar-refractivity contribution >= 4 is 18.0 Å². The summed E-state index contributed by atoms with van der Waals surface area (Å²) in [7, 11) is 0. The molecule has 0 saturated heterocycles. The third kappa shape index (κ3) is 4.58. The molecule has 7 nitrogen and oxygen atoms in total. The fourth-order valence-corrected chi connectivity index (χ4v) is 5.15. The van der Waals surface area contributed by atoms with E-state index < -0.39 is 18.1 Å². The van der Waals surface area contributed by atoms with E-state index in [0.29, 0.717) is 12.8 Å². The molecule has 0 radical (unpaired) electrons. The second-order valence-electron chi connectivity index (χ2n) is 9.43. The van der Waals surface area contributed by atoms with Gasteiger partial charge in [0.15, 0.2) is 0 Å². The molecule has 7 heteroatoms. The van der Waals surface area contributed by atoms with E-state index in [2.05, 4.69) is 34.9 Å². The van der Waals surface area contributed by atoms with E-state index in [4.69, 9.17) is 9.84 Å². The first-order valence-corrected chi connectivity index (χ1v) is 11.6. The van der Waals surface area contributed by atoms with Crippen LogP contribution in [-0.2, 0) is 14.3 Å². The molecule has 0 aliphatic heterocycles. The molecule has 0 spiro atoms. The number of carboxylic acids is 1. The summed E-state index contributed by atoms with van der Waals surface area (Å²) in [5.74, 6) is -0.803. The molecule has 2 aromatic carbocycles. The van der Waals surface area contributed by atoms with E-state index in [-0.39, 0.29) is 42.7 Å².